The molecule has 7 heterocycles. The molecule has 8 bridgehead atoms. The Morgan fingerprint density at radius 1 is 0.394 bits per heavy atom. The highest BCUT2D eigenvalue weighted by atomic mass is 32.1. The van der Waals surface area contributed by atoms with Gasteiger partial charge in [0.1, 0.15) is 68.1 Å². The molecule has 3 N–H and O–H groups in total. The van der Waals surface area contributed by atoms with Crippen molar-refractivity contribution in [3.8, 4) is 113 Å². The Morgan fingerprint density at radius 2 is 0.827 bits per heavy atom. The minimum atomic E-state index is -1.01. The van der Waals surface area contributed by atoms with Crippen LogP contribution in [0.25, 0.3) is 135 Å². The summed E-state index contributed by atoms with van der Waals surface area (Å²) in [6.45, 7) is 0. The van der Waals surface area contributed by atoms with Crippen molar-refractivity contribution in [2.24, 2.45) is 0 Å². The zero-order valence-electron chi connectivity index (χ0n) is 57.2. The Morgan fingerprint density at radius 3 is 1.35 bits per heavy atom. The zero-order valence-corrected chi connectivity index (χ0v) is 58.8. The molecule has 0 atom stereocenters. The van der Waals surface area contributed by atoms with Crippen molar-refractivity contribution < 1.29 is 47.8 Å². The van der Waals surface area contributed by atoms with Crippen molar-refractivity contribution in [1.82, 2.24) is 37.4 Å². The highest BCUT2D eigenvalue weighted by Gasteiger charge is 2.28. The van der Waals surface area contributed by atoms with E-state index >= 15 is 0 Å². The number of hydrogen-bond donors (Lipinski definition) is 3. The number of fused-ring (bicyclic) bond motifs is 13. The van der Waals surface area contributed by atoms with Crippen molar-refractivity contribution >= 4 is 126 Å². The van der Waals surface area contributed by atoms with Gasteiger partial charge in [-0.1, -0.05) is 60.4 Å². The summed E-state index contributed by atoms with van der Waals surface area (Å²) < 4.78 is 67.4. The largest absolute Gasteiger partial charge is 0.497 e. The van der Waals surface area contributed by atoms with Gasteiger partial charge in [0, 0.05) is 73.1 Å². The number of anilines is 3. The van der Waals surface area contributed by atoms with Crippen LogP contribution in [-0.4, -0.2) is 105 Å². The number of H-pyrrole nitrogens is 2. The molecule has 0 unspecified atom stereocenters. The number of rotatable bonds is 17. The van der Waals surface area contributed by atoms with Gasteiger partial charge in [-0.15, -0.1) is 0 Å². The number of ether oxygens (including phenoxy) is 8. The van der Waals surface area contributed by atoms with Gasteiger partial charge < -0.3 is 57.9 Å². The van der Waals surface area contributed by atoms with Gasteiger partial charge in [-0.25, -0.2) is 14.8 Å². The second-order valence-corrected chi connectivity index (χ2v) is 25.2. The third-order valence-corrected chi connectivity index (χ3v) is 19.7. The molecular formula is C83H61N9O10S2. The summed E-state index contributed by atoms with van der Waals surface area (Å²) in [6.07, 6.45) is 7.99. The summed E-state index contributed by atoms with van der Waals surface area (Å²) in [5.41, 5.74) is 18.9. The zero-order chi connectivity index (χ0) is 71.3. The summed E-state index contributed by atoms with van der Waals surface area (Å²) in [6, 6.07) is 58.6. The number of nitrogens with one attached hydrogen (secondary N) is 2. The Kier molecular flexibility index (Phi) is 17.2. The SMILES string of the molecule is COc1ccc(-c2ccc(N(c3ccc(-c4ccc(OC)cc4OC)cc3)c3c4nc(c(-c5c(OC)cccc5OC)c5ccc([nH]5)c(C#Cc5cc6c(cc(-c7ccc(C(=O)O)cc7)c7nsnc76)c6nsnc56)c5nc(c(-c6c(OC)cccc6OC)c6ccc3[nH]6)C=C5)C=C4)cc2)c(OC)c1. The predicted octanol–water partition coefficient (Wildman–Crippen LogP) is 18.8. The fraction of sp³-hybridized carbons (Fsp3) is 0.0964. The maximum Gasteiger partial charge on any atom is 0.335 e. The average Bonchev–Trinajstić information content (AvgIpc) is 1.54. The van der Waals surface area contributed by atoms with Crippen LogP contribution >= 0.6 is 23.5 Å². The number of aromatic nitrogens is 8. The molecule has 0 radical (unpaired) electrons. The second kappa shape index (κ2) is 27.3. The highest BCUT2D eigenvalue weighted by Crippen LogP contribution is 2.49. The smallest absolute Gasteiger partial charge is 0.335 e. The number of aromatic carboxylic acids is 1. The second-order valence-electron chi connectivity index (χ2n) is 24.1. The van der Waals surface area contributed by atoms with Gasteiger partial charge in [-0.05, 0) is 162 Å². The topological polar surface area (TPSA) is 223 Å². The monoisotopic (exact) mass is 1410 g/mol. The molecule has 0 fully saturated rings. The molecule has 14 aromatic rings. The van der Waals surface area contributed by atoms with Crippen LogP contribution in [0.2, 0.25) is 0 Å². The lowest BCUT2D eigenvalue weighted by molar-refractivity contribution is 0.0696. The molecule has 0 saturated carbocycles. The van der Waals surface area contributed by atoms with Crippen molar-refractivity contribution in [3.63, 3.8) is 0 Å². The summed E-state index contributed by atoms with van der Waals surface area (Å²) >= 11 is 2.17. The first-order valence-electron chi connectivity index (χ1n) is 32.7. The van der Waals surface area contributed by atoms with Crippen molar-refractivity contribution in [3.05, 3.63) is 221 Å². The summed E-state index contributed by atoms with van der Waals surface area (Å²) in [4.78, 5) is 33.2. The lowest BCUT2D eigenvalue weighted by Crippen LogP contribution is -2.12. The van der Waals surface area contributed by atoms with Gasteiger partial charge >= 0.3 is 5.97 Å². The highest BCUT2D eigenvalue weighted by molar-refractivity contribution is 7.00. The molecule has 19 nitrogen and oxygen atoms in total. The maximum atomic E-state index is 11.9. The van der Waals surface area contributed by atoms with Gasteiger partial charge in [-0.2, -0.15) is 17.5 Å². The number of carbonyl (C=O) groups is 1. The Bertz CT molecular complexity index is 5910. The minimum absolute atomic E-state index is 0.176. The third kappa shape index (κ3) is 11.5. The fourth-order valence-corrected chi connectivity index (χ4v) is 14.8. The molecule has 0 aliphatic carbocycles. The molecule has 2 aliphatic heterocycles. The van der Waals surface area contributed by atoms with E-state index in [4.69, 9.17) is 65.4 Å². The van der Waals surface area contributed by atoms with E-state index in [1.807, 2.05) is 127 Å². The first-order chi connectivity index (χ1) is 51.0. The summed E-state index contributed by atoms with van der Waals surface area (Å²) in [7, 11) is 13.1. The molecule has 21 heteroatoms. The van der Waals surface area contributed by atoms with E-state index < -0.39 is 5.97 Å². The molecule has 9 aromatic carbocycles. The summed E-state index contributed by atoms with van der Waals surface area (Å²) in [5, 5.41) is 11.3. The van der Waals surface area contributed by atoms with Crippen LogP contribution in [0.3, 0.4) is 0 Å². The third-order valence-electron chi connectivity index (χ3n) is 18.6. The molecule has 510 valence electrons. The molecule has 16 rings (SSSR count). The normalized spacial score (nSPS) is 11.6. The van der Waals surface area contributed by atoms with Crippen LogP contribution in [-0.2, 0) is 0 Å². The van der Waals surface area contributed by atoms with Crippen LogP contribution < -0.4 is 42.8 Å². The quantitative estimate of drug-likeness (QED) is 0.0721. The molecule has 5 aromatic heterocycles. The van der Waals surface area contributed by atoms with E-state index in [1.165, 1.54) is 0 Å². The number of aromatic amines is 2. The first kappa shape index (κ1) is 65.3. The molecular weight excluding hydrogens is 1350 g/mol. The average molecular weight is 1410 g/mol. The molecule has 0 spiro atoms. The lowest BCUT2D eigenvalue weighted by atomic mass is 9.96. The molecule has 0 saturated heterocycles. The lowest BCUT2D eigenvalue weighted by Gasteiger charge is -2.27. The number of hydrogen-bond acceptors (Lipinski definition) is 18. The minimum Gasteiger partial charge on any atom is -0.497 e. The number of carboxylic acid groups (broad SMARTS) is 1. The fourth-order valence-electron chi connectivity index (χ4n) is 13.6. The van der Waals surface area contributed by atoms with Gasteiger partial charge in [-0.3, -0.25) is 0 Å². The number of nitrogens with zero attached hydrogens (tertiary/aromatic N) is 7. The Hall–Kier alpha value is -13.3. The van der Waals surface area contributed by atoms with Crippen LogP contribution in [0, 0.1) is 11.8 Å². The van der Waals surface area contributed by atoms with E-state index in [0.717, 1.165) is 79.0 Å². The molecule has 104 heavy (non-hydrogen) atoms. The predicted molar refractivity (Wildman–Crippen MR) is 412 cm³/mol. The standard InChI is InChI=1S/C83H61N9O10S2/c1-95-52-28-31-54(72(42-52)101-7)45-19-24-50(25-20-45)92(51-26-21-46(22-27-51)55-32-29-53(96-2)43-73(55)102-8)82-66-39-37-64(86-66)74(76-68(97-3)11-9-12-69(76)98-4)62-35-33-60(84-62)56(61-34-36-63(85-61)75(65-38-40-67(82)87-65)77-70(99-5)13-10-14-71(77)100-6)30-23-49-41-58-59(80-78(49)88-103-90-80)44-57(79-81(58)91-104-89-79)47-15-17-48(18-16-47)83(93)94/h9-22,24-29,31-44,84,87H,1-8H3,(H,93,94). The first-order valence-corrected chi connectivity index (χ1v) is 34.2. The van der Waals surface area contributed by atoms with E-state index in [-0.39, 0.29) is 5.56 Å². The van der Waals surface area contributed by atoms with E-state index in [1.54, 1.807) is 81.1 Å². The van der Waals surface area contributed by atoms with Crippen LogP contribution in [0.15, 0.2) is 182 Å². The number of benzene rings is 9. The van der Waals surface area contributed by atoms with Crippen molar-refractivity contribution in [2.45, 2.75) is 0 Å². The van der Waals surface area contributed by atoms with E-state index in [2.05, 4.69) is 81.3 Å². The Balaban J connectivity index is 0.984. The van der Waals surface area contributed by atoms with Crippen LogP contribution in [0.1, 0.15) is 44.3 Å². The van der Waals surface area contributed by atoms with Gasteiger partial charge in [0.15, 0.2) is 0 Å². The molecule has 2 aliphatic rings. The van der Waals surface area contributed by atoms with Crippen LogP contribution in [0.4, 0.5) is 17.1 Å². The number of methoxy groups -OCH3 is 8. The van der Waals surface area contributed by atoms with Crippen molar-refractivity contribution in [2.75, 3.05) is 61.8 Å². The van der Waals surface area contributed by atoms with Gasteiger partial charge in [0.05, 0.1) is 148 Å². The Labute approximate surface area is 604 Å². The van der Waals surface area contributed by atoms with E-state index in [0.29, 0.717) is 152 Å². The maximum absolute atomic E-state index is 11.9. The number of carboxylic acids is 1. The van der Waals surface area contributed by atoms with Crippen molar-refractivity contribution in [1.29, 1.82) is 0 Å². The van der Waals surface area contributed by atoms with Crippen LogP contribution in [0.5, 0.6) is 46.0 Å². The van der Waals surface area contributed by atoms with Gasteiger partial charge in [0.2, 0.25) is 0 Å². The summed E-state index contributed by atoms with van der Waals surface area (Å²) in [5.74, 6) is 11.0. The molecule has 0 amide bonds. The van der Waals surface area contributed by atoms with Gasteiger partial charge in [0.25, 0.3) is 0 Å². The van der Waals surface area contributed by atoms with E-state index in [9.17, 15) is 9.90 Å².